The Kier molecular flexibility index (Phi) is 3.88. The predicted molar refractivity (Wildman–Crippen MR) is 103 cm³/mol. The Hall–Kier alpha value is -1.03. The quantitative estimate of drug-likeness (QED) is 0.546. The van der Waals surface area contributed by atoms with Crippen LogP contribution < -0.4 is 22.1 Å². The molecule has 0 bridgehead atoms. The molecule has 0 spiro atoms. The molecule has 1 heterocycles. The van der Waals surface area contributed by atoms with Crippen molar-refractivity contribution < 1.29 is 4.79 Å². The minimum Gasteiger partial charge on any atom is -0.369 e. The van der Waals surface area contributed by atoms with Crippen LogP contribution in [0.3, 0.4) is 0 Å². The fourth-order valence-corrected chi connectivity index (χ4v) is 3.47. The lowest BCUT2D eigenvalue weighted by Gasteiger charge is -2.50. The number of nitrogens with two attached hydrogens (primary N) is 1. The Morgan fingerprint density at radius 2 is 1.71 bits per heavy atom. The molecule has 1 atom stereocenters. The first-order valence-electron chi connectivity index (χ1n) is 7.04. The van der Waals surface area contributed by atoms with Crippen LogP contribution >= 0.6 is 11.6 Å². The predicted octanol–water partition coefficient (Wildman–Crippen LogP) is -2.88. The third kappa shape index (κ3) is 2.11. The third-order valence-corrected chi connectivity index (χ3v) is 5.16. The summed E-state index contributed by atoms with van der Waals surface area (Å²) in [4.78, 5) is 14.9. The molecular weight excluding hydrogens is 311 g/mol. The van der Waals surface area contributed by atoms with E-state index in [2.05, 4.69) is 4.98 Å². The summed E-state index contributed by atoms with van der Waals surface area (Å²) in [7, 11) is 42.6. The molecule has 102 valence electrons. The number of fused-ring (bicyclic) bond motifs is 3. The van der Waals surface area contributed by atoms with Crippen LogP contribution in [-0.4, -0.2) is 65.8 Å². The number of rotatable bonds is 1. The topological polar surface area (TPSA) is 58.9 Å². The largest absolute Gasteiger partial charge is 0.369 e. The summed E-state index contributed by atoms with van der Waals surface area (Å²) in [6, 6.07) is 0. The van der Waals surface area contributed by atoms with Crippen LogP contribution in [0.2, 0.25) is 10.2 Å². The highest BCUT2D eigenvalue weighted by Crippen LogP contribution is 2.53. The van der Waals surface area contributed by atoms with E-state index < -0.39 is 22.3 Å². The van der Waals surface area contributed by atoms with Gasteiger partial charge in [0.15, 0.2) is 0 Å². The Morgan fingerprint density at radius 1 is 1.12 bits per heavy atom. The van der Waals surface area contributed by atoms with Crippen LogP contribution in [0.25, 0.3) is 10.9 Å². The number of H-pyrrole nitrogens is 1. The van der Waals surface area contributed by atoms with Crippen LogP contribution in [-0.2, 0) is 10.0 Å². The van der Waals surface area contributed by atoms with Gasteiger partial charge in [-0.25, -0.2) is 0 Å². The summed E-state index contributed by atoms with van der Waals surface area (Å²) in [5.41, 5.74) is 6.80. The number of halogens is 1. The summed E-state index contributed by atoms with van der Waals surface area (Å²) in [5.74, 6) is -1.49. The maximum atomic E-state index is 11.9. The van der Waals surface area contributed by atoms with Gasteiger partial charge in [0.1, 0.15) is 23.5 Å². The van der Waals surface area contributed by atoms with Crippen molar-refractivity contribution in [1.82, 2.24) is 4.98 Å². The van der Waals surface area contributed by atoms with Crippen molar-refractivity contribution in [1.29, 1.82) is 0 Å². The van der Waals surface area contributed by atoms with Gasteiger partial charge >= 0.3 is 0 Å². The summed E-state index contributed by atoms with van der Waals surface area (Å²) in [6.45, 7) is 0. The van der Waals surface area contributed by atoms with Gasteiger partial charge < -0.3 is 10.7 Å². The van der Waals surface area contributed by atoms with Gasteiger partial charge in [0.05, 0.1) is 37.3 Å². The highest BCUT2D eigenvalue weighted by Gasteiger charge is 2.47. The molecule has 1 amide bonds. The van der Waals surface area contributed by atoms with Crippen LogP contribution in [0.1, 0.15) is 23.6 Å². The first kappa shape index (κ1) is 17.8. The molecule has 3 N–H and O–H groups in total. The molecule has 1 aromatic carbocycles. The molecule has 1 aliphatic carbocycles. The molecule has 3 rings (SSSR count). The van der Waals surface area contributed by atoms with Crippen molar-refractivity contribution in [3.8, 4) is 0 Å². The Bertz CT molecular complexity index is 893. The zero-order chi connectivity index (χ0) is 18.2. The first-order valence-corrected chi connectivity index (χ1v) is 7.42. The van der Waals surface area contributed by atoms with Gasteiger partial charge in [0, 0.05) is 16.2 Å². The van der Waals surface area contributed by atoms with E-state index in [0.717, 1.165) is 0 Å². The maximum absolute atomic E-state index is 11.9. The van der Waals surface area contributed by atoms with Gasteiger partial charge in [0.25, 0.3) is 0 Å². The van der Waals surface area contributed by atoms with Crippen LogP contribution in [0.5, 0.6) is 0 Å². The van der Waals surface area contributed by atoms with E-state index in [-0.39, 0.29) is 33.4 Å². The minimum atomic E-state index is -1.72. The minimum absolute atomic E-state index is 0.0541. The van der Waals surface area contributed by atoms with Crippen molar-refractivity contribution in [3.05, 3.63) is 16.3 Å². The average Bonchev–Trinajstić information content (AvgIpc) is 2.88. The Balaban J connectivity index is 2.53. The number of primary amides is 1. The van der Waals surface area contributed by atoms with E-state index in [0.29, 0.717) is 16.6 Å². The van der Waals surface area contributed by atoms with E-state index in [1.165, 1.54) is 0 Å². The van der Waals surface area contributed by atoms with Crippen molar-refractivity contribution in [3.63, 3.8) is 0 Å². The fourth-order valence-electron chi connectivity index (χ4n) is 3.27. The highest BCUT2D eigenvalue weighted by molar-refractivity contribution is 6.64. The first-order chi connectivity index (χ1) is 10.9. The molecule has 14 radical (unpaired) electrons. The molecular formula is C13H6B7ClN2O. The van der Waals surface area contributed by atoms with E-state index >= 15 is 0 Å². The number of hydrogen-bond donors (Lipinski definition) is 2. The number of hydrogen-bond acceptors (Lipinski definition) is 1. The fraction of sp³-hybridized carbons (Fsp3) is 0.308. The second-order valence-electron chi connectivity index (χ2n) is 6.29. The lowest BCUT2D eigenvalue weighted by Crippen LogP contribution is -2.49. The second kappa shape index (κ2) is 5.23. The van der Waals surface area contributed by atoms with Crippen LogP contribution in [0.4, 0.5) is 0 Å². The van der Waals surface area contributed by atoms with Gasteiger partial charge in [-0.05, 0) is 17.4 Å². The smallest absolute Gasteiger partial charge is 0.226 e. The molecule has 0 aliphatic heterocycles. The molecule has 1 aliphatic rings. The molecule has 0 fully saturated rings. The van der Waals surface area contributed by atoms with E-state index in [1.54, 1.807) is 0 Å². The number of carbonyl (C=O) groups is 1. The monoisotopic (exact) mass is 318 g/mol. The van der Waals surface area contributed by atoms with Gasteiger partial charge in [-0.15, -0.1) is 5.21 Å². The van der Waals surface area contributed by atoms with Gasteiger partial charge in [-0.1, -0.05) is 33.2 Å². The Labute approximate surface area is 154 Å². The summed E-state index contributed by atoms with van der Waals surface area (Å²) >= 11 is 6.14. The van der Waals surface area contributed by atoms with E-state index in [4.69, 9.17) is 72.3 Å². The lowest BCUT2D eigenvalue weighted by atomic mass is 9.25. The number of carbonyl (C=O) groups excluding carboxylic acids is 1. The van der Waals surface area contributed by atoms with E-state index in [1.807, 2.05) is 0 Å². The number of aromatic nitrogens is 1. The van der Waals surface area contributed by atoms with Crippen molar-refractivity contribution in [2.75, 3.05) is 0 Å². The SMILES string of the molecule is [B]c1c(Cl)c([B])c2c3c([nH]c2c1[B])C(C(N)=O)CC([B])([B])C3([B])[B]. The molecule has 2 aromatic rings. The van der Waals surface area contributed by atoms with Crippen molar-refractivity contribution >= 4 is 99.7 Å². The van der Waals surface area contributed by atoms with Gasteiger partial charge in [0.2, 0.25) is 5.91 Å². The average molecular weight is 317 g/mol. The summed E-state index contributed by atoms with van der Waals surface area (Å²) in [5, 5.41) is -2.95. The van der Waals surface area contributed by atoms with Crippen molar-refractivity contribution in [2.24, 2.45) is 5.73 Å². The Morgan fingerprint density at radius 3 is 2.25 bits per heavy atom. The van der Waals surface area contributed by atoms with Crippen molar-refractivity contribution in [2.45, 2.75) is 22.8 Å². The molecule has 3 nitrogen and oxygen atoms in total. The number of amides is 1. The van der Waals surface area contributed by atoms with Gasteiger partial charge in [-0.2, -0.15) is 0 Å². The van der Waals surface area contributed by atoms with Crippen LogP contribution in [0.15, 0.2) is 0 Å². The molecule has 0 saturated heterocycles. The van der Waals surface area contributed by atoms with E-state index in [9.17, 15) is 4.79 Å². The molecule has 1 aromatic heterocycles. The second-order valence-corrected chi connectivity index (χ2v) is 6.67. The maximum Gasteiger partial charge on any atom is 0.226 e. The third-order valence-electron chi connectivity index (χ3n) is 4.75. The number of aromatic amines is 1. The number of nitrogens with one attached hydrogen (secondary N) is 1. The molecule has 1 unspecified atom stereocenters. The van der Waals surface area contributed by atoms with Gasteiger partial charge in [-0.3, -0.25) is 4.79 Å². The zero-order valence-corrected chi connectivity index (χ0v) is 13.4. The standard InChI is InChI=1S/C13H6B7ClN2O/c14-5-3-4-9(23-10(3)7(16)6(15)8(5)21)2(11(22)24)1-12(17,18)13(4,19)20/h2,23H,1H2,(H2,22,24). The highest BCUT2D eigenvalue weighted by atomic mass is 35.5. The molecule has 24 heavy (non-hydrogen) atoms. The molecule has 11 heteroatoms. The number of benzene rings is 1. The molecule has 0 saturated carbocycles. The summed E-state index contributed by atoms with van der Waals surface area (Å²) in [6.07, 6.45) is -0.0574. The zero-order valence-electron chi connectivity index (χ0n) is 12.7. The normalized spacial score (nSPS) is 21.5. The lowest BCUT2D eigenvalue weighted by molar-refractivity contribution is -0.119. The summed E-state index contributed by atoms with van der Waals surface area (Å²) < 4.78 is 0. The van der Waals surface area contributed by atoms with Crippen LogP contribution in [0, 0.1) is 0 Å².